The predicted octanol–water partition coefficient (Wildman–Crippen LogP) is 2.73. The molecule has 2 aromatic carbocycles. The molecular weight excluding hydrogens is 288 g/mol. The second-order valence-corrected chi connectivity index (χ2v) is 5.40. The van der Waals surface area contributed by atoms with E-state index in [1.165, 1.54) is 0 Å². The third-order valence-corrected chi connectivity index (χ3v) is 3.88. The Morgan fingerprint density at radius 2 is 1.78 bits per heavy atom. The number of hydrogen-bond donors (Lipinski definition) is 1. The number of hydrogen-bond acceptors (Lipinski definition) is 3. The maximum Gasteiger partial charge on any atom is 0.269 e. The first-order valence-electron chi connectivity index (χ1n) is 7.31. The highest BCUT2D eigenvalue weighted by atomic mass is 16.1. The molecule has 0 radical (unpaired) electrons. The Kier molecular flexibility index (Phi) is 3.05. The minimum Gasteiger partial charge on any atom is -0.364 e. The summed E-state index contributed by atoms with van der Waals surface area (Å²) in [6.07, 6.45) is 1.73. The van der Waals surface area contributed by atoms with Crippen LogP contribution in [0.1, 0.15) is 16.1 Å². The van der Waals surface area contributed by atoms with Crippen LogP contribution in [0.4, 0.5) is 0 Å². The van der Waals surface area contributed by atoms with Gasteiger partial charge in [-0.15, -0.1) is 0 Å². The van der Waals surface area contributed by atoms with E-state index in [0.717, 1.165) is 22.0 Å². The molecular formula is C18H14N4O. The van der Waals surface area contributed by atoms with Crippen molar-refractivity contribution >= 4 is 27.8 Å². The lowest BCUT2D eigenvalue weighted by Gasteiger charge is -2.08. The molecule has 0 saturated carbocycles. The molecule has 0 saturated heterocycles. The van der Waals surface area contributed by atoms with Crippen LogP contribution in [0.25, 0.3) is 21.9 Å². The molecule has 1 amide bonds. The zero-order valence-electron chi connectivity index (χ0n) is 12.3. The van der Waals surface area contributed by atoms with E-state index in [4.69, 9.17) is 5.73 Å². The molecule has 4 aromatic rings. The van der Waals surface area contributed by atoms with Crippen molar-refractivity contribution in [2.75, 3.05) is 0 Å². The largest absolute Gasteiger partial charge is 0.364 e. The lowest BCUT2D eigenvalue weighted by Crippen LogP contribution is -2.14. The molecule has 5 heteroatoms. The van der Waals surface area contributed by atoms with Gasteiger partial charge in [-0.2, -0.15) is 0 Å². The molecule has 2 aromatic heterocycles. The number of imidazole rings is 1. The minimum absolute atomic E-state index is 0.213. The zero-order chi connectivity index (χ0) is 15.8. The van der Waals surface area contributed by atoms with Crippen molar-refractivity contribution in [3.63, 3.8) is 0 Å². The minimum atomic E-state index is -0.564. The number of primary amides is 1. The highest BCUT2D eigenvalue weighted by Gasteiger charge is 2.17. The molecule has 0 bridgehead atoms. The number of nitrogens with zero attached hydrogens (tertiary/aromatic N) is 3. The van der Waals surface area contributed by atoms with Gasteiger partial charge >= 0.3 is 0 Å². The van der Waals surface area contributed by atoms with Crippen molar-refractivity contribution in [3.05, 3.63) is 72.2 Å². The number of pyridine rings is 1. The van der Waals surface area contributed by atoms with Crippen molar-refractivity contribution in [2.45, 2.75) is 6.54 Å². The molecule has 0 aliphatic carbocycles. The number of para-hydroxylation sites is 1. The Morgan fingerprint density at radius 3 is 2.57 bits per heavy atom. The van der Waals surface area contributed by atoms with E-state index in [1.807, 2.05) is 47.0 Å². The summed E-state index contributed by atoms with van der Waals surface area (Å²) >= 11 is 0. The molecule has 5 nitrogen and oxygen atoms in total. The van der Waals surface area contributed by atoms with E-state index in [9.17, 15) is 4.79 Å². The van der Waals surface area contributed by atoms with Crippen LogP contribution in [-0.2, 0) is 6.54 Å². The number of fused-ring (bicyclic) bond motifs is 3. The van der Waals surface area contributed by atoms with Crippen LogP contribution in [0.5, 0.6) is 0 Å². The molecule has 0 unspecified atom stereocenters. The lowest BCUT2D eigenvalue weighted by molar-refractivity contribution is 0.0997. The van der Waals surface area contributed by atoms with Crippen molar-refractivity contribution in [3.8, 4) is 0 Å². The van der Waals surface area contributed by atoms with Crippen molar-refractivity contribution < 1.29 is 4.79 Å². The third-order valence-electron chi connectivity index (χ3n) is 3.88. The average Bonchev–Trinajstić information content (AvgIpc) is 2.99. The van der Waals surface area contributed by atoms with Gasteiger partial charge in [-0.3, -0.25) is 4.79 Å². The number of carbonyl (C=O) groups is 1. The highest BCUT2D eigenvalue weighted by molar-refractivity contribution is 6.11. The van der Waals surface area contributed by atoms with Crippen LogP contribution in [-0.4, -0.2) is 20.4 Å². The summed E-state index contributed by atoms with van der Waals surface area (Å²) in [4.78, 5) is 20.5. The normalized spacial score (nSPS) is 11.1. The van der Waals surface area contributed by atoms with Crippen LogP contribution in [0, 0.1) is 0 Å². The third kappa shape index (κ3) is 2.23. The van der Waals surface area contributed by atoms with E-state index >= 15 is 0 Å². The highest BCUT2D eigenvalue weighted by Crippen LogP contribution is 2.26. The number of benzene rings is 2. The molecule has 0 spiro atoms. The molecule has 0 aliphatic heterocycles. The van der Waals surface area contributed by atoms with Gasteiger partial charge in [0.05, 0.1) is 17.4 Å². The summed E-state index contributed by atoms with van der Waals surface area (Å²) in [5.41, 5.74) is 9.03. The quantitative estimate of drug-likeness (QED) is 0.632. The topological polar surface area (TPSA) is 73.8 Å². The summed E-state index contributed by atoms with van der Waals surface area (Å²) in [5.74, 6) is -0.564. The second kappa shape index (κ2) is 5.21. The molecule has 112 valence electrons. The van der Waals surface area contributed by atoms with Crippen molar-refractivity contribution in [1.29, 1.82) is 0 Å². The van der Waals surface area contributed by atoms with Crippen LogP contribution in [0.15, 0.2) is 60.9 Å². The fourth-order valence-electron chi connectivity index (χ4n) is 2.85. The van der Waals surface area contributed by atoms with E-state index in [2.05, 4.69) is 22.1 Å². The fraction of sp³-hybridized carbons (Fsp3) is 0.0556. The first kappa shape index (κ1) is 13.5. The van der Waals surface area contributed by atoms with Crippen LogP contribution < -0.4 is 5.73 Å². The summed E-state index contributed by atoms with van der Waals surface area (Å²) < 4.78 is 2.03. The average molecular weight is 302 g/mol. The Hall–Kier alpha value is -3.21. The van der Waals surface area contributed by atoms with Gasteiger partial charge in [0, 0.05) is 11.9 Å². The first-order valence-corrected chi connectivity index (χ1v) is 7.31. The Labute approximate surface area is 132 Å². The van der Waals surface area contributed by atoms with Crippen LogP contribution in [0.2, 0.25) is 0 Å². The maximum atomic E-state index is 11.7. The number of rotatable bonds is 3. The van der Waals surface area contributed by atoms with E-state index in [1.54, 1.807) is 6.33 Å². The summed E-state index contributed by atoms with van der Waals surface area (Å²) in [6.45, 7) is 0.670. The number of amides is 1. The van der Waals surface area contributed by atoms with E-state index in [0.29, 0.717) is 12.1 Å². The van der Waals surface area contributed by atoms with Crippen LogP contribution in [0.3, 0.4) is 0 Å². The van der Waals surface area contributed by atoms with Crippen molar-refractivity contribution in [2.24, 2.45) is 5.73 Å². The molecule has 0 fully saturated rings. The predicted molar refractivity (Wildman–Crippen MR) is 89.1 cm³/mol. The molecule has 2 N–H and O–H groups in total. The standard InChI is InChI=1S/C18H14N4O/c19-18(23)16-15-17(13-8-4-5-9-14(13)21-16)22(11-20-15)10-12-6-2-1-3-7-12/h1-9,11H,10H2,(H2,19,23). The molecule has 4 rings (SSSR count). The number of carbonyl (C=O) groups excluding carboxylic acids is 1. The van der Waals surface area contributed by atoms with Gasteiger partial charge in [-0.25, -0.2) is 9.97 Å². The smallest absolute Gasteiger partial charge is 0.269 e. The number of aromatic nitrogens is 3. The molecule has 2 heterocycles. The Balaban J connectivity index is 2.01. The molecule has 0 aliphatic rings. The van der Waals surface area contributed by atoms with Gasteiger partial charge in [0.1, 0.15) is 5.52 Å². The summed E-state index contributed by atoms with van der Waals surface area (Å²) in [7, 11) is 0. The SMILES string of the molecule is NC(=O)c1nc2ccccc2c2c1ncn2Cc1ccccc1. The monoisotopic (exact) mass is 302 g/mol. The first-order chi connectivity index (χ1) is 11.2. The Morgan fingerprint density at radius 1 is 1.04 bits per heavy atom. The van der Waals surface area contributed by atoms with Gasteiger partial charge in [0.15, 0.2) is 5.69 Å². The maximum absolute atomic E-state index is 11.7. The van der Waals surface area contributed by atoms with E-state index in [-0.39, 0.29) is 5.69 Å². The van der Waals surface area contributed by atoms with Gasteiger partial charge in [0.25, 0.3) is 5.91 Å². The lowest BCUT2D eigenvalue weighted by atomic mass is 10.1. The van der Waals surface area contributed by atoms with Gasteiger partial charge in [-0.1, -0.05) is 48.5 Å². The van der Waals surface area contributed by atoms with Gasteiger partial charge in [-0.05, 0) is 11.6 Å². The molecule has 0 atom stereocenters. The van der Waals surface area contributed by atoms with Gasteiger partial charge in [0.2, 0.25) is 0 Å². The number of nitrogens with two attached hydrogens (primary N) is 1. The zero-order valence-corrected chi connectivity index (χ0v) is 12.3. The Bertz CT molecular complexity index is 1020. The molecule has 23 heavy (non-hydrogen) atoms. The fourth-order valence-corrected chi connectivity index (χ4v) is 2.85. The van der Waals surface area contributed by atoms with E-state index < -0.39 is 5.91 Å². The van der Waals surface area contributed by atoms with Crippen molar-refractivity contribution in [1.82, 2.24) is 14.5 Å². The summed E-state index contributed by atoms with van der Waals surface area (Å²) in [6, 6.07) is 17.8. The van der Waals surface area contributed by atoms with Gasteiger partial charge < -0.3 is 10.3 Å². The second-order valence-electron chi connectivity index (χ2n) is 5.40. The summed E-state index contributed by atoms with van der Waals surface area (Å²) in [5, 5.41) is 0.959. The van der Waals surface area contributed by atoms with Crippen LogP contribution >= 0.6 is 0 Å².